The summed E-state index contributed by atoms with van der Waals surface area (Å²) in [6.45, 7) is 0.211. The Labute approximate surface area is 184 Å². The van der Waals surface area contributed by atoms with Crippen molar-refractivity contribution in [3.63, 3.8) is 0 Å². The normalized spacial score (nSPS) is 11.4. The first kappa shape index (κ1) is 21.7. The number of carbonyl (C=O) groups excluding carboxylic acids is 1. The van der Waals surface area contributed by atoms with Gasteiger partial charge in [-0.3, -0.25) is 9.10 Å². The van der Waals surface area contributed by atoms with Crippen LogP contribution < -0.4 is 9.73 Å². The summed E-state index contributed by atoms with van der Waals surface area (Å²) in [7, 11) is -3.49. The van der Waals surface area contributed by atoms with Crippen LogP contribution >= 0.6 is 15.9 Å². The number of amides is 1. The first-order valence-corrected chi connectivity index (χ1v) is 11.7. The molecule has 3 aromatic carbocycles. The van der Waals surface area contributed by atoms with E-state index in [1.165, 1.54) is 4.31 Å². The van der Waals surface area contributed by atoms with Crippen molar-refractivity contribution in [3.8, 4) is 0 Å². The quantitative estimate of drug-likeness (QED) is 0.402. The number of hydrazone groups is 1. The summed E-state index contributed by atoms with van der Waals surface area (Å²) in [4.78, 5) is 12.3. The molecule has 0 aliphatic heterocycles. The van der Waals surface area contributed by atoms with Crippen LogP contribution in [0, 0.1) is 0 Å². The Morgan fingerprint density at radius 1 is 1.00 bits per heavy atom. The Hall–Kier alpha value is -2.97. The molecular formula is C22H20BrN3O3S. The van der Waals surface area contributed by atoms with E-state index in [4.69, 9.17) is 0 Å². The Bertz CT molecular complexity index is 1130. The van der Waals surface area contributed by atoms with Gasteiger partial charge in [0.2, 0.25) is 10.0 Å². The highest BCUT2D eigenvalue weighted by atomic mass is 79.9. The minimum absolute atomic E-state index is 0.211. The molecule has 0 heterocycles. The maximum Gasteiger partial charge on any atom is 0.271 e. The molecule has 8 heteroatoms. The van der Waals surface area contributed by atoms with Crippen LogP contribution in [0.1, 0.15) is 21.5 Å². The van der Waals surface area contributed by atoms with Crippen molar-refractivity contribution in [1.82, 2.24) is 5.43 Å². The van der Waals surface area contributed by atoms with E-state index in [0.717, 1.165) is 21.9 Å². The minimum Gasteiger partial charge on any atom is -0.267 e. The average Bonchev–Trinajstić information content (AvgIpc) is 2.73. The van der Waals surface area contributed by atoms with Crippen LogP contribution in [0.5, 0.6) is 0 Å². The molecule has 30 heavy (non-hydrogen) atoms. The van der Waals surface area contributed by atoms with E-state index in [0.29, 0.717) is 11.3 Å². The minimum atomic E-state index is -3.49. The molecule has 1 N–H and O–H groups in total. The molecule has 0 aromatic heterocycles. The summed E-state index contributed by atoms with van der Waals surface area (Å²) < 4.78 is 26.8. The smallest absolute Gasteiger partial charge is 0.267 e. The van der Waals surface area contributed by atoms with Gasteiger partial charge in [0, 0.05) is 10.0 Å². The van der Waals surface area contributed by atoms with Gasteiger partial charge in [-0.1, -0.05) is 58.4 Å². The first-order valence-electron chi connectivity index (χ1n) is 9.03. The van der Waals surface area contributed by atoms with Gasteiger partial charge in [-0.05, 0) is 47.5 Å². The fourth-order valence-electron chi connectivity index (χ4n) is 2.71. The molecule has 6 nitrogen and oxygen atoms in total. The Balaban J connectivity index is 1.70. The molecule has 154 valence electrons. The van der Waals surface area contributed by atoms with Crippen LogP contribution in [0.4, 0.5) is 5.69 Å². The summed E-state index contributed by atoms with van der Waals surface area (Å²) in [6.07, 6.45) is 2.71. The first-order chi connectivity index (χ1) is 14.3. The zero-order valence-corrected chi connectivity index (χ0v) is 18.6. The second kappa shape index (κ2) is 9.69. The monoisotopic (exact) mass is 485 g/mol. The largest absolute Gasteiger partial charge is 0.271 e. The number of nitrogens with one attached hydrogen (secondary N) is 1. The van der Waals surface area contributed by atoms with Gasteiger partial charge in [0.1, 0.15) is 0 Å². The van der Waals surface area contributed by atoms with E-state index >= 15 is 0 Å². The molecule has 1 amide bonds. The third-order valence-corrected chi connectivity index (χ3v) is 5.91. The van der Waals surface area contributed by atoms with Gasteiger partial charge >= 0.3 is 0 Å². The molecule has 0 aliphatic carbocycles. The lowest BCUT2D eigenvalue weighted by Crippen LogP contribution is -2.29. The SMILES string of the molecule is CS(=O)(=O)N(Cc1ccccc1)c1ccc(C(=O)NN=Cc2ccc(Br)cc2)cc1. The predicted octanol–water partition coefficient (Wildman–Crippen LogP) is 4.18. The zero-order chi connectivity index (χ0) is 21.6. The zero-order valence-electron chi connectivity index (χ0n) is 16.2. The van der Waals surface area contributed by atoms with Gasteiger partial charge in [0.05, 0.1) is 24.7 Å². The number of sulfonamides is 1. The third kappa shape index (κ3) is 6.01. The Morgan fingerprint density at radius 3 is 2.23 bits per heavy atom. The van der Waals surface area contributed by atoms with Crippen molar-refractivity contribution in [2.75, 3.05) is 10.6 Å². The summed E-state index contributed by atoms with van der Waals surface area (Å²) in [5, 5.41) is 3.95. The van der Waals surface area contributed by atoms with Gasteiger partial charge in [-0.2, -0.15) is 5.10 Å². The van der Waals surface area contributed by atoms with Gasteiger partial charge in [0.15, 0.2) is 0 Å². The van der Waals surface area contributed by atoms with Crippen molar-refractivity contribution in [2.45, 2.75) is 6.54 Å². The summed E-state index contributed by atoms with van der Waals surface area (Å²) in [5.41, 5.74) is 5.04. The van der Waals surface area contributed by atoms with E-state index in [9.17, 15) is 13.2 Å². The van der Waals surface area contributed by atoms with Crippen molar-refractivity contribution in [2.24, 2.45) is 5.10 Å². The standard InChI is InChI=1S/C22H20BrN3O3S/c1-30(28,29)26(16-18-5-3-2-4-6-18)21-13-9-19(10-14-21)22(27)25-24-15-17-7-11-20(23)12-8-17/h2-15H,16H2,1H3,(H,25,27). The van der Waals surface area contributed by atoms with Crippen molar-refractivity contribution >= 4 is 43.8 Å². The molecule has 0 saturated carbocycles. The van der Waals surface area contributed by atoms with E-state index in [-0.39, 0.29) is 12.5 Å². The average molecular weight is 486 g/mol. The molecule has 3 aromatic rings. The number of hydrogen-bond donors (Lipinski definition) is 1. The van der Waals surface area contributed by atoms with E-state index in [1.807, 2.05) is 54.6 Å². The van der Waals surface area contributed by atoms with E-state index in [2.05, 4.69) is 26.5 Å². The number of anilines is 1. The summed E-state index contributed by atoms with van der Waals surface area (Å²) >= 11 is 3.36. The maximum absolute atomic E-state index is 12.3. The highest BCUT2D eigenvalue weighted by molar-refractivity contribution is 9.10. The fraction of sp³-hybridized carbons (Fsp3) is 0.0909. The molecule has 0 aliphatic rings. The van der Waals surface area contributed by atoms with Crippen LogP contribution in [0.3, 0.4) is 0 Å². The highest BCUT2D eigenvalue weighted by Crippen LogP contribution is 2.21. The molecular weight excluding hydrogens is 466 g/mol. The van der Waals surface area contributed by atoms with Crippen molar-refractivity contribution < 1.29 is 13.2 Å². The number of hydrogen-bond acceptors (Lipinski definition) is 4. The lowest BCUT2D eigenvalue weighted by molar-refractivity contribution is 0.0955. The molecule has 0 bridgehead atoms. The lowest BCUT2D eigenvalue weighted by atomic mass is 10.2. The predicted molar refractivity (Wildman–Crippen MR) is 123 cm³/mol. The molecule has 3 rings (SSSR count). The van der Waals surface area contributed by atoms with Crippen LogP contribution in [0.2, 0.25) is 0 Å². The Kier molecular flexibility index (Phi) is 7.02. The molecule has 0 unspecified atom stereocenters. The van der Waals surface area contributed by atoms with Gasteiger partial charge in [-0.15, -0.1) is 0 Å². The van der Waals surface area contributed by atoms with Gasteiger partial charge < -0.3 is 0 Å². The van der Waals surface area contributed by atoms with E-state index in [1.54, 1.807) is 30.5 Å². The van der Waals surface area contributed by atoms with Crippen molar-refractivity contribution in [1.29, 1.82) is 0 Å². The lowest BCUT2D eigenvalue weighted by Gasteiger charge is -2.22. The highest BCUT2D eigenvalue weighted by Gasteiger charge is 2.18. The molecule has 0 fully saturated rings. The molecule has 0 atom stereocenters. The maximum atomic E-state index is 12.3. The van der Waals surface area contributed by atoms with Crippen LogP contribution in [0.25, 0.3) is 0 Å². The number of nitrogens with zero attached hydrogens (tertiary/aromatic N) is 2. The number of halogens is 1. The second-order valence-electron chi connectivity index (χ2n) is 6.55. The third-order valence-electron chi connectivity index (χ3n) is 4.24. The molecule has 0 saturated heterocycles. The number of benzene rings is 3. The van der Waals surface area contributed by atoms with Gasteiger partial charge in [0.25, 0.3) is 5.91 Å². The Morgan fingerprint density at radius 2 is 1.63 bits per heavy atom. The number of rotatable bonds is 7. The fourth-order valence-corrected chi connectivity index (χ4v) is 3.86. The van der Waals surface area contributed by atoms with E-state index < -0.39 is 10.0 Å². The molecule has 0 radical (unpaired) electrons. The summed E-state index contributed by atoms with van der Waals surface area (Å²) in [5.74, 6) is -0.385. The van der Waals surface area contributed by atoms with Crippen LogP contribution in [0.15, 0.2) is 88.4 Å². The number of carbonyl (C=O) groups is 1. The second-order valence-corrected chi connectivity index (χ2v) is 9.38. The summed E-state index contributed by atoms with van der Waals surface area (Å²) in [6, 6.07) is 23.2. The van der Waals surface area contributed by atoms with Crippen molar-refractivity contribution in [3.05, 3.63) is 100 Å². The van der Waals surface area contributed by atoms with Crippen LogP contribution in [-0.4, -0.2) is 26.8 Å². The topological polar surface area (TPSA) is 78.8 Å². The molecule has 0 spiro atoms. The van der Waals surface area contributed by atoms with Gasteiger partial charge in [-0.25, -0.2) is 13.8 Å². The van der Waals surface area contributed by atoms with Crippen LogP contribution in [-0.2, 0) is 16.6 Å².